The second-order valence-corrected chi connectivity index (χ2v) is 9.87. The lowest BCUT2D eigenvalue weighted by Gasteiger charge is -2.32. The summed E-state index contributed by atoms with van der Waals surface area (Å²) >= 11 is 0. The van der Waals surface area contributed by atoms with Crippen LogP contribution in [0.4, 0.5) is 5.69 Å². The number of sulfonamides is 1. The lowest BCUT2D eigenvalue weighted by Crippen LogP contribution is -2.41. The fourth-order valence-corrected chi connectivity index (χ4v) is 5.50. The highest BCUT2D eigenvalue weighted by Gasteiger charge is 2.30. The molecule has 0 saturated carbocycles. The van der Waals surface area contributed by atoms with Gasteiger partial charge < -0.3 is 10.6 Å². The number of hydrogen-bond donors (Lipinski definition) is 2. The van der Waals surface area contributed by atoms with E-state index >= 15 is 0 Å². The summed E-state index contributed by atoms with van der Waals surface area (Å²) in [4.78, 5) is 24.8. The van der Waals surface area contributed by atoms with Crippen molar-refractivity contribution in [2.45, 2.75) is 51.0 Å². The van der Waals surface area contributed by atoms with Crippen molar-refractivity contribution in [1.82, 2.24) is 9.62 Å². The molecule has 8 heteroatoms. The van der Waals surface area contributed by atoms with E-state index in [1.807, 2.05) is 39.0 Å². The average Bonchev–Trinajstić information content (AvgIpc) is 2.75. The summed E-state index contributed by atoms with van der Waals surface area (Å²) in [7, 11) is -3.58. The zero-order chi connectivity index (χ0) is 22.6. The number of aryl methyl sites for hydroxylation is 2. The molecule has 1 fully saturated rings. The molecule has 7 nitrogen and oxygen atoms in total. The molecule has 2 N–H and O–H groups in total. The lowest BCUT2D eigenvalue weighted by atomic mass is 10.1. The van der Waals surface area contributed by atoms with Crippen molar-refractivity contribution in [3.8, 4) is 0 Å². The smallest absolute Gasteiger partial charge is 0.251 e. The fraction of sp³-hybridized carbons (Fsp3) is 0.391. The van der Waals surface area contributed by atoms with Crippen LogP contribution in [-0.4, -0.2) is 43.7 Å². The fourth-order valence-electron chi connectivity index (χ4n) is 3.80. The van der Waals surface area contributed by atoms with Crippen LogP contribution in [0.5, 0.6) is 0 Å². The number of carbonyl (C=O) groups excluding carboxylic acids is 2. The molecule has 2 aromatic carbocycles. The van der Waals surface area contributed by atoms with Gasteiger partial charge in [0.1, 0.15) is 0 Å². The Morgan fingerprint density at radius 2 is 1.68 bits per heavy atom. The molecular formula is C23H29N3O4S. The third-order valence-corrected chi connectivity index (χ3v) is 7.65. The summed E-state index contributed by atoms with van der Waals surface area (Å²) in [5.74, 6) is -0.768. The van der Waals surface area contributed by atoms with Crippen LogP contribution in [0.1, 0.15) is 47.7 Å². The molecule has 0 bridgehead atoms. The molecule has 1 aliphatic rings. The first kappa shape index (κ1) is 23.0. The average molecular weight is 444 g/mol. The Labute approximate surface area is 183 Å². The van der Waals surface area contributed by atoms with Gasteiger partial charge in [0.05, 0.1) is 11.4 Å². The van der Waals surface area contributed by atoms with Crippen molar-refractivity contribution in [3.63, 3.8) is 0 Å². The molecule has 1 aliphatic heterocycles. The van der Waals surface area contributed by atoms with Gasteiger partial charge in [0.25, 0.3) is 5.91 Å². The van der Waals surface area contributed by atoms with Crippen molar-refractivity contribution < 1.29 is 18.0 Å². The number of piperidine rings is 1. The van der Waals surface area contributed by atoms with E-state index in [0.29, 0.717) is 12.1 Å². The van der Waals surface area contributed by atoms with Crippen LogP contribution in [0.15, 0.2) is 47.4 Å². The highest BCUT2D eigenvalue weighted by Crippen LogP contribution is 2.25. The molecule has 0 spiro atoms. The van der Waals surface area contributed by atoms with Gasteiger partial charge in [-0.3, -0.25) is 9.59 Å². The molecule has 3 rings (SSSR count). The molecule has 1 saturated heterocycles. The normalized spacial score (nSPS) is 17.2. The zero-order valence-electron chi connectivity index (χ0n) is 18.1. The number of carbonyl (C=O) groups is 2. The van der Waals surface area contributed by atoms with E-state index in [4.69, 9.17) is 0 Å². The molecule has 0 radical (unpaired) electrons. The minimum absolute atomic E-state index is 0.0304. The Kier molecular flexibility index (Phi) is 7.12. The first-order valence-corrected chi connectivity index (χ1v) is 11.9. The first-order chi connectivity index (χ1) is 14.7. The van der Waals surface area contributed by atoms with E-state index in [1.54, 1.807) is 0 Å². The number of nitrogens with one attached hydrogen (secondary N) is 2. The molecule has 0 unspecified atom stereocenters. The summed E-state index contributed by atoms with van der Waals surface area (Å²) in [5, 5.41) is 5.39. The van der Waals surface area contributed by atoms with E-state index in [0.717, 1.165) is 36.1 Å². The second-order valence-electron chi connectivity index (χ2n) is 7.98. The summed E-state index contributed by atoms with van der Waals surface area (Å²) < 4.78 is 27.3. The van der Waals surface area contributed by atoms with Crippen molar-refractivity contribution in [3.05, 3.63) is 59.2 Å². The van der Waals surface area contributed by atoms with Gasteiger partial charge >= 0.3 is 0 Å². The van der Waals surface area contributed by atoms with E-state index in [-0.39, 0.29) is 23.4 Å². The van der Waals surface area contributed by atoms with Gasteiger partial charge in [0, 0.05) is 23.8 Å². The van der Waals surface area contributed by atoms with E-state index in [1.165, 1.54) is 28.6 Å². The summed E-state index contributed by atoms with van der Waals surface area (Å²) in [5.41, 5.74) is 2.92. The highest BCUT2D eigenvalue weighted by molar-refractivity contribution is 7.89. The van der Waals surface area contributed by atoms with Crippen molar-refractivity contribution in [2.75, 3.05) is 18.4 Å². The maximum atomic E-state index is 12.9. The van der Waals surface area contributed by atoms with E-state index < -0.39 is 15.9 Å². The molecule has 1 heterocycles. The molecule has 2 aromatic rings. The van der Waals surface area contributed by atoms with Crippen molar-refractivity contribution >= 4 is 27.5 Å². The highest BCUT2D eigenvalue weighted by atomic mass is 32.2. The number of hydrogen-bond acceptors (Lipinski definition) is 4. The Hall–Kier alpha value is -2.71. The number of nitrogens with zero attached hydrogens (tertiary/aromatic N) is 1. The predicted octanol–water partition coefficient (Wildman–Crippen LogP) is 3.24. The number of para-hydroxylation sites is 1. The van der Waals surface area contributed by atoms with Crippen molar-refractivity contribution in [2.24, 2.45) is 0 Å². The lowest BCUT2D eigenvalue weighted by molar-refractivity contribution is -0.115. The van der Waals surface area contributed by atoms with Gasteiger partial charge in [-0.05, 0) is 69.0 Å². The molecule has 0 aromatic heterocycles. The van der Waals surface area contributed by atoms with Gasteiger partial charge in [-0.1, -0.05) is 24.6 Å². The number of amides is 2. The van der Waals surface area contributed by atoms with Crippen LogP contribution in [0, 0.1) is 13.8 Å². The maximum absolute atomic E-state index is 12.9. The van der Waals surface area contributed by atoms with E-state index in [2.05, 4.69) is 10.6 Å². The minimum atomic E-state index is -3.58. The molecular weight excluding hydrogens is 414 g/mol. The summed E-state index contributed by atoms with van der Waals surface area (Å²) in [6.07, 6.45) is 2.74. The number of benzene rings is 2. The quantitative estimate of drug-likeness (QED) is 0.716. The van der Waals surface area contributed by atoms with Gasteiger partial charge in [-0.15, -0.1) is 0 Å². The number of rotatable bonds is 6. The van der Waals surface area contributed by atoms with Gasteiger partial charge in [-0.25, -0.2) is 8.42 Å². The van der Waals surface area contributed by atoms with Crippen LogP contribution in [0.3, 0.4) is 0 Å². The van der Waals surface area contributed by atoms with Crippen LogP contribution in [0.2, 0.25) is 0 Å². The second kappa shape index (κ2) is 9.62. The van der Waals surface area contributed by atoms with Gasteiger partial charge in [0.2, 0.25) is 15.9 Å². The summed E-state index contributed by atoms with van der Waals surface area (Å²) in [6.45, 7) is 6.06. The van der Waals surface area contributed by atoms with Gasteiger partial charge in [-0.2, -0.15) is 4.31 Å². The monoisotopic (exact) mass is 443 g/mol. The minimum Gasteiger partial charge on any atom is -0.343 e. The third kappa shape index (κ3) is 5.32. The molecule has 2 amide bonds. The zero-order valence-corrected chi connectivity index (χ0v) is 19.0. The van der Waals surface area contributed by atoms with E-state index in [9.17, 15) is 18.0 Å². The molecule has 0 aliphatic carbocycles. The SMILES string of the molecule is Cc1cccc(C)c1NC(=O)CNC(=O)c1ccc(S(=O)(=O)N2CCCC[C@H]2C)cc1. The first-order valence-electron chi connectivity index (χ1n) is 10.5. The molecule has 31 heavy (non-hydrogen) atoms. The van der Waals surface area contributed by atoms with Crippen LogP contribution in [0.25, 0.3) is 0 Å². The largest absolute Gasteiger partial charge is 0.343 e. The maximum Gasteiger partial charge on any atom is 0.251 e. The Bertz CT molecular complexity index is 1040. The van der Waals surface area contributed by atoms with Crippen LogP contribution in [-0.2, 0) is 14.8 Å². The van der Waals surface area contributed by atoms with Crippen molar-refractivity contribution in [1.29, 1.82) is 0 Å². The molecule has 166 valence electrons. The Morgan fingerprint density at radius 3 is 2.29 bits per heavy atom. The topological polar surface area (TPSA) is 95.6 Å². The number of anilines is 1. The van der Waals surface area contributed by atoms with Gasteiger partial charge in [0.15, 0.2) is 0 Å². The van der Waals surface area contributed by atoms with Crippen LogP contribution >= 0.6 is 0 Å². The Balaban J connectivity index is 1.61. The summed E-state index contributed by atoms with van der Waals surface area (Å²) in [6, 6.07) is 11.5. The standard InChI is InChI=1S/C23H29N3O4S/c1-16-7-6-8-17(2)22(16)25-21(27)15-24-23(28)19-10-12-20(13-11-19)31(29,30)26-14-5-4-9-18(26)3/h6-8,10-13,18H,4-5,9,14-15H2,1-3H3,(H,24,28)(H,25,27)/t18-/m1/s1. The van der Waals surface area contributed by atoms with Crippen LogP contribution < -0.4 is 10.6 Å². The third-order valence-electron chi connectivity index (χ3n) is 5.62. The molecule has 1 atom stereocenters. The predicted molar refractivity (Wildman–Crippen MR) is 121 cm³/mol. The Morgan fingerprint density at radius 1 is 1.03 bits per heavy atom.